The summed E-state index contributed by atoms with van der Waals surface area (Å²) in [5.74, 6) is -4.81. The van der Waals surface area contributed by atoms with Crippen LogP contribution in [0.5, 0.6) is 0 Å². The van der Waals surface area contributed by atoms with Gasteiger partial charge in [0.25, 0.3) is 5.79 Å². The van der Waals surface area contributed by atoms with Gasteiger partial charge in [-0.25, -0.2) is 0 Å². The van der Waals surface area contributed by atoms with Crippen LogP contribution in [0.25, 0.3) is 10.4 Å². The molecule has 0 amide bonds. The molecular weight excluding hydrogens is 314 g/mol. The standard InChI is InChI=1S/C16H25N3O5/c1-16(2)23-14(21)13(15(22)24-16)12(20)10-8-6-4-3-5-7-9-11-18-19-17/h13H,3-11H2,1-2H3. The normalized spacial score (nSPS) is 16.9. The molecule has 1 fully saturated rings. The molecule has 1 rings (SSSR count). The average Bonchev–Trinajstić information content (AvgIpc) is 2.47. The minimum Gasteiger partial charge on any atom is -0.422 e. The van der Waals surface area contributed by atoms with Crippen molar-refractivity contribution in [2.45, 2.75) is 71.0 Å². The van der Waals surface area contributed by atoms with E-state index in [1.807, 2.05) is 0 Å². The summed E-state index contributed by atoms with van der Waals surface area (Å²) in [6.07, 6.45) is 6.69. The molecule has 1 saturated heterocycles. The fourth-order valence-corrected chi connectivity index (χ4v) is 2.54. The van der Waals surface area contributed by atoms with Gasteiger partial charge in [-0.15, -0.1) is 0 Å². The summed E-state index contributed by atoms with van der Waals surface area (Å²) in [5.41, 5.74) is 8.14. The molecule has 0 aromatic carbocycles. The first-order chi connectivity index (χ1) is 11.4. The first-order valence-electron chi connectivity index (χ1n) is 8.36. The van der Waals surface area contributed by atoms with Crippen molar-refractivity contribution in [1.29, 1.82) is 0 Å². The quantitative estimate of drug-likeness (QED) is 0.143. The fourth-order valence-electron chi connectivity index (χ4n) is 2.54. The summed E-state index contributed by atoms with van der Waals surface area (Å²) in [5, 5.41) is 3.47. The maximum Gasteiger partial charge on any atom is 0.331 e. The molecular formula is C16H25N3O5. The Bertz CT molecular complexity index is 492. The van der Waals surface area contributed by atoms with E-state index in [4.69, 9.17) is 15.0 Å². The minimum atomic E-state index is -1.43. The summed E-state index contributed by atoms with van der Waals surface area (Å²) in [4.78, 5) is 38.3. The van der Waals surface area contributed by atoms with E-state index in [-0.39, 0.29) is 6.42 Å². The number of hydrogen-bond donors (Lipinski definition) is 0. The molecule has 0 atom stereocenters. The Balaban J connectivity index is 2.15. The summed E-state index contributed by atoms with van der Waals surface area (Å²) >= 11 is 0. The molecule has 0 aromatic heterocycles. The predicted octanol–water partition coefficient (Wildman–Crippen LogP) is 3.44. The number of rotatable bonds is 11. The molecule has 0 N–H and O–H groups in total. The second-order valence-corrected chi connectivity index (χ2v) is 6.32. The van der Waals surface area contributed by atoms with Crippen LogP contribution in [-0.4, -0.2) is 30.1 Å². The summed E-state index contributed by atoms with van der Waals surface area (Å²) in [6.45, 7) is 3.45. The molecule has 0 unspecified atom stereocenters. The molecule has 8 heteroatoms. The van der Waals surface area contributed by atoms with Gasteiger partial charge < -0.3 is 9.47 Å². The van der Waals surface area contributed by atoms with Gasteiger partial charge in [0.05, 0.1) is 0 Å². The Hall–Kier alpha value is -2.08. The van der Waals surface area contributed by atoms with E-state index in [2.05, 4.69) is 10.0 Å². The van der Waals surface area contributed by atoms with Gasteiger partial charge in [0.2, 0.25) is 5.92 Å². The van der Waals surface area contributed by atoms with Crippen LogP contribution in [0.4, 0.5) is 0 Å². The molecule has 0 spiro atoms. The number of carbonyl (C=O) groups is 3. The topological polar surface area (TPSA) is 118 Å². The van der Waals surface area contributed by atoms with Crippen molar-refractivity contribution in [3.8, 4) is 0 Å². The Labute approximate surface area is 141 Å². The number of esters is 2. The molecule has 1 aliphatic heterocycles. The number of hydrogen-bond acceptors (Lipinski definition) is 6. The smallest absolute Gasteiger partial charge is 0.331 e. The zero-order chi connectivity index (χ0) is 18.0. The lowest BCUT2D eigenvalue weighted by atomic mass is 9.97. The average molecular weight is 339 g/mol. The molecule has 24 heavy (non-hydrogen) atoms. The van der Waals surface area contributed by atoms with Gasteiger partial charge in [-0.3, -0.25) is 14.4 Å². The third kappa shape index (κ3) is 7.00. The van der Waals surface area contributed by atoms with Crippen molar-refractivity contribution in [2.75, 3.05) is 6.54 Å². The Morgan fingerprint density at radius 3 is 2.08 bits per heavy atom. The second kappa shape index (κ2) is 9.93. The third-order valence-corrected chi connectivity index (χ3v) is 3.73. The number of Topliss-reactive ketones (excluding diaryl/α,β-unsaturated/α-hetero) is 1. The van der Waals surface area contributed by atoms with Gasteiger partial charge in [0.15, 0.2) is 5.78 Å². The minimum absolute atomic E-state index is 0.173. The number of nitrogens with zero attached hydrogens (tertiary/aromatic N) is 3. The predicted molar refractivity (Wildman–Crippen MR) is 85.7 cm³/mol. The van der Waals surface area contributed by atoms with Crippen LogP contribution in [0, 0.1) is 5.92 Å². The maximum atomic E-state index is 12.0. The summed E-state index contributed by atoms with van der Waals surface area (Å²) < 4.78 is 9.89. The van der Waals surface area contributed by atoms with Crippen LogP contribution in [0.15, 0.2) is 5.11 Å². The number of unbranched alkanes of at least 4 members (excludes halogenated alkanes) is 6. The van der Waals surface area contributed by atoms with Gasteiger partial charge >= 0.3 is 11.9 Å². The van der Waals surface area contributed by atoms with Gasteiger partial charge in [-0.05, 0) is 18.4 Å². The Morgan fingerprint density at radius 1 is 1.04 bits per heavy atom. The van der Waals surface area contributed by atoms with Gasteiger partial charge in [0.1, 0.15) is 0 Å². The van der Waals surface area contributed by atoms with Crippen molar-refractivity contribution in [1.82, 2.24) is 0 Å². The number of cyclic esters (lactones) is 2. The number of azide groups is 1. The van der Waals surface area contributed by atoms with Gasteiger partial charge in [-0.2, -0.15) is 0 Å². The van der Waals surface area contributed by atoms with Crippen LogP contribution < -0.4 is 0 Å². The van der Waals surface area contributed by atoms with E-state index < -0.39 is 29.4 Å². The first-order valence-corrected chi connectivity index (χ1v) is 8.36. The molecule has 0 saturated carbocycles. The highest BCUT2D eigenvalue weighted by Gasteiger charge is 2.46. The SMILES string of the molecule is CC1(C)OC(=O)C(C(=O)CCCCCCCCCN=[N+]=[N-])C(=O)O1. The first kappa shape index (κ1) is 20.0. The number of carbonyl (C=O) groups excluding carboxylic acids is 3. The molecule has 1 heterocycles. The highest BCUT2D eigenvalue weighted by molar-refractivity contribution is 6.15. The van der Waals surface area contributed by atoms with Crippen LogP contribution in [0.3, 0.4) is 0 Å². The second-order valence-electron chi connectivity index (χ2n) is 6.32. The number of ether oxygens (including phenoxy) is 2. The lowest BCUT2D eigenvalue weighted by Crippen LogP contribution is -2.49. The summed E-state index contributed by atoms with van der Waals surface area (Å²) in [6, 6.07) is 0. The zero-order valence-corrected chi connectivity index (χ0v) is 14.3. The molecule has 0 bridgehead atoms. The van der Waals surface area contributed by atoms with Crippen molar-refractivity contribution in [3.63, 3.8) is 0 Å². The monoisotopic (exact) mass is 339 g/mol. The molecule has 134 valence electrons. The third-order valence-electron chi connectivity index (χ3n) is 3.73. The van der Waals surface area contributed by atoms with Crippen molar-refractivity contribution >= 4 is 17.7 Å². The van der Waals surface area contributed by atoms with E-state index in [1.165, 1.54) is 13.8 Å². The van der Waals surface area contributed by atoms with E-state index in [9.17, 15) is 14.4 Å². The molecule has 1 aliphatic rings. The maximum absolute atomic E-state index is 12.0. The lowest BCUT2D eigenvalue weighted by molar-refractivity contribution is -0.238. The van der Waals surface area contributed by atoms with Gasteiger partial charge in [0, 0.05) is 31.7 Å². The lowest BCUT2D eigenvalue weighted by Gasteiger charge is -2.32. The van der Waals surface area contributed by atoms with Crippen molar-refractivity contribution < 1.29 is 23.9 Å². The number of ketones is 1. The van der Waals surface area contributed by atoms with E-state index in [0.717, 1.165) is 38.5 Å². The van der Waals surface area contributed by atoms with E-state index in [0.29, 0.717) is 13.0 Å². The Morgan fingerprint density at radius 2 is 1.54 bits per heavy atom. The van der Waals surface area contributed by atoms with Crippen LogP contribution >= 0.6 is 0 Å². The van der Waals surface area contributed by atoms with Gasteiger partial charge in [-0.1, -0.05) is 37.2 Å². The van der Waals surface area contributed by atoms with Crippen LogP contribution in [0.1, 0.15) is 65.2 Å². The molecule has 8 nitrogen and oxygen atoms in total. The molecule has 0 radical (unpaired) electrons. The zero-order valence-electron chi connectivity index (χ0n) is 14.3. The van der Waals surface area contributed by atoms with Crippen molar-refractivity contribution in [2.24, 2.45) is 11.0 Å². The van der Waals surface area contributed by atoms with E-state index in [1.54, 1.807) is 0 Å². The highest BCUT2D eigenvalue weighted by atomic mass is 16.7. The van der Waals surface area contributed by atoms with E-state index >= 15 is 0 Å². The highest BCUT2D eigenvalue weighted by Crippen LogP contribution is 2.24. The van der Waals surface area contributed by atoms with Crippen molar-refractivity contribution in [3.05, 3.63) is 10.4 Å². The largest absolute Gasteiger partial charge is 0.422 e. The molecule has 0 aliphatic carbocycles. The Kier molecular flexibility index (Phi) is 8.26. The van der Waals surface area contributed by atoms with Crippen LogP contribution in [-0.2, 0) is 23.9 Å². The fraction of sp³-hybridized carbons (Fsp3) is 0.812. The molecule has 0 aromatic rings. The summed E-state index contributed by atoms with van der Waals surface area (Å²) in [7, 11) is 0. The van der Waals surface area contributed by atoms with Crippen LogP contribution in [0.2, 0.25) is 0 Å².